The topological polar surface area (TPSA) is 75.3 Å². The van der Waals surface area contributed by atoms with Gasteiger partial charge in [-0.2, -0.15) is 4.98 Å². The van der Waals surface area contributed by atoms with E-state index in [-0.39, 0.29) is 11.6 Å². The lowest BCUT2D eigenvalue weighted by Crippen LogP contribution is -2.08. The van der Waals surface area contributed by atoms with E-state index in [1.54, 1.807) is 24.4 Å². The third kappa shape index (κ3) is 2.55. The Hall–Kier alpha value is -2.89. The summed E-state index contributed by atoms with van der Waals surface area (Å²) in [5.41, 5.74) is 2.01. The fourth-order valence-corrected chi connectivity index (χ4v) is 1.91. The average molecular weight is 282 g/mol. The van der Waals surface area contributed by atoms with Gasteiger partial charge in [0.05, 0.1) is 5.56 Å². The van der Waals surface area contributed by atoms with Crippen LogP contribution in [-0.4, -0.2) is 34.3 Å². The molecule has 0 bridgehead atoms. The van der Waals surface area contributed by atoms with Gasteiger partial charge in [0.25, 0.3) is 5.89 Å². The Balaban J connectivity index is 1.97. The Morgan fingerprint density at radius 2 is 2.00 bits per heavy atom. The van der Waals surface area contributed by atoms with E-state index in [4.69, 9.17) is 4.52 Å². The Labute approximate surface area is 121 Å². The van der Waals surface area contributed by atoms with Crippen molar-refractivity contribution in [1.29, 1.82) is 0 Å². The molecule has 0 saturated heterocycles. The second-order valence-electron chi connectivity index (χ2n) is 4.73. The number of anilines is 1. The molecule has 0 aliphatic rings. The largest absolute Gasteiger partial charge is 0.507 e. The van der Waals surface area contributed by atoms with Crippen LogP contribution in [0.4, 0.5) is 5.69 Å². The molecule has 1 aromatic carbocycles. The smallest absolute Gasteiger partial charge is 0.262 e. The summed E-state index contributed by atoms with van der Waals surface area (Å²) >= 11 is 0. The fraction of sp³-hybridized carbons (Fsp3) is 0.133. The van der Waals surface area contributed by atoms with Crippen LogP contribution in [0.5, 0.6) is 5.75 Å². The molecule has 6 heteroatoms. The Bertz CT molecular complexity index is 753. The number of hydrogen-bond acceptors (Lipinski definition) is 6. The van der Waals surface area contributed by atoms with Crippen molar-refractivity contribution in [2.24, 2.45) is 0 Å². The maximum Gasteiger partial charge on any atom is 0.262 e. The first-order valence-electron chi connectivity index (χ1n) is 6.41. The zero-order chi connectivity index (χ0) is 14.8. The number of hydrogen-bond donors (Lipinski definition) is 1. The van der Waals surface area contributed by atoms with E-state index in [9.17, 15) is 5.11 Å². The highest BCUT2D eigenvalue weighted by Crippen LogP contribution is 2.32. The number of phenols is 1. The summed E-state index contributed by atoms with van der Waals surface area (Å²) < 4.78 is 5.21. The van der Waals surface area contributed by atoms with Crippen molar-refractivity contribution >= 4 is 5.69 Å². The number of aromatic hydroxyl groups is 1. The van der Waals surface area contributed by atoms with Crippen LogP contribution >= 0.6 is 0 Å². The maximum absolute atomic E-state index is 10.1. The van der Waals surface area contributed by atoms with E-state index in [1.165, 1.54) is 0 Å². The molecule has 0 atom stereocenters. The Morgan fingerprint density at radius 3 is 2.67 bits per heavy atom. The van der Waals surface area contributed by atoms with Crippen LogP contribution in [0.25, 0.3) is 23.0 Å². The number of rotatable bonds is 3. The van der Waals surface area contributed by atoms with Crippen molar-refractivity contribution in [3.8, 4) is 28.7 Å². The molecule has 1 N–H and O–H groups in total. The molecule has 106 valence electrons. The third-order valence-electron chi connectivity index (χ3n) is 3.05. The minimum atomic E-state index is 0.0948. The van der Waals surface area contributed by atoms with Gasteiger partial charge in [0, 0.05) is 32.0 Å². The first kappa shape index (κ1) is 13.1. The van der Waals surface area contributed by atoms with Gasteiger partial charge in [0.15, 0.2) is 0 Å². The van der Waals surface area contributed by atoms with Crippen LogP contribution in [0.3, 0.4) is 0 Å². The minimum Gasteiger partial charge on any atom is -0.507 e. The van der Waals surface area contributed by atoms with Crippen LogP contribution in [0, 0.1) is 0 Å². The summed E-state index contributed by atoms with van der Waals surface area (Å²) in [6, 6.07) is 10.7. The molecule has 3 aromatic rings. The zero-order valence-electron chi connectivity index (χ0n) is 11.7. The van der Waals surface area contributed by atoms with Crippen molar-refractivity contribution in [3.63, 3.8) is 0 Å². The molecule has 0 spiro atoms. The lowest BCUT2D eigenvalue weighted by atomic mass is 10.1. The van der Waals surface area contributed by atoms with Crippen molar-refractivity contribution < 1.29 is 9.63 Å². The van der Waals surface area contributed by atoms with Crippen molar-refractivity contribution in [2.75, 3.05) is 19.0 Å². The lowest BCUT2D eigenvalue weighted by Gasteiger charge is -2.13. The minimum absolute atomic E-state index is 0.0948. The molecule has 21 heavy (non-hydrogen) atoms. The number of aromatic nitrogens is 3. The highest BCUT2D eigenvalue weighted by Gasteiger charge is 2.15. The van der Waals surface area contributed by atoms with E-state index in [0.717, 1.165) is 5.69 Å². The highest BCUT2D eigenvalue weighted by molar-refractivity contribution is 5.68. The van der Waals surface area contributed by atoms with Gasteiger partial charge in [-0.3, -0.25) is 4.98 Å². The molecule has 3 rings (SSSR count). The standard InChI is InChI=1S/C15H14N4O2/c1-19(2)10-6-7-11(13(20)9-10)15-17-14(18-21-15)12-5-3-4-8-16-12/h3-9,20H,1-2H3. The van der Waals surface area contributed by atoms with Gasteiger partial charge in [0.1, 0.15) is 11.4 Å². The van der Waals surface area contributed by atoms with E-state index in [0.29, 0.717) is 17.1 Å². The van der Waals surface area contributed by atoms with Crippen molar-refractivity contribution in [2.45, 2.75) is 0 Å². The molecule has 2 aromatic heterocycles. The summed E-state index contributed by atoms with van der Waals surface area (Å²) in [5.74, 6) is 0.748. The predicted molar refractivity (Wildman–Crippen MR) is 79.0 cm³/mol. The molecular weight excluding hydrogens is 268 g/mol. The SMILES string of the molecule is CN(C)c1ccc(-c2nc(-c3ccccn3)no2)c(O)c1. The number of pyridine rings is 1. The zero-order valence-corrected chi connectivity index (χ0v) is 11.7. The maximum atomic E-state index is 10.1. The van der Waals surface area contributed by atoms with Crippen molar-refractivity contribution in [1.82, 2.24) is 15.1 Å². The summed E-state index contributed by atoms with van der Waals surface area (Å²) in [7, 11) is 3.81. The first-order chi connectivity index (χ1) is 10.1. The molecule has 0 amide bonds. The molecule has 0 fully saturated rings. The third-order valence-corrected chi connectivity index (χ3v) is 3.05. The van der Waals surface area contributed by atoms with Gasteiger partial charge in [0.2, 0.25) is 5.82 Å². The Kier molecular flexibility index (Phi) is 3.27. The van der Waals surface area contributed by atoms with Gasteiger partial charge in [-0.15, -0.1) is 0 Å². The second-order valence-corrected chi connectivity index (χ2v) is 4.73. The highest BCUT2D eigenvalue weighted by atomic mass is 16.5. The molecular formula is C15H14N4O2. The average Bonchev–Trinajstić information content (AvgIpc) is 2.97. The first-order valence-corrected chi connectivity index (χ1v) is 6.41. The van der Waals surface area contributed by atoms with Crippen LogP contribution in [0.2, 0.25) is 0 Å². The second kappa shape index (κ2) is 5.24. The summed E-state index contributed by atoms with van der Waals surface area (Å²) in [6.07, 6.45) is 1.66. The molecule has 0 aliphatic carbocycles. The number of phenolic OH excluding ortho intramolecular Hbond substituents is 1. The number of benzene rings is 1. The molecule has 0 saturated carbocycles. The van der Waals surface area contributed by atoms with Crippen molar-refractivity contribution in [3.05, 3.63) is 42.6 Å². The molecule has 0 aliphatic heterocycles. The quantitative estimate of drug-likeness (QED) is 0.795. The predicted octanol–water partition coefficient (Wildman–Crippen LogP) is 2.57. The summed E-state index contributed by atoms with van der Waals surface area (Å²) in [4.78, 5) is 10.3. The van der Waals surface area contributed by atoms with Crippen LogP contribution < -0.4 is 4.90 Å². The number of nitrogens with zero attached hydrogens (tertiary/aromatic N) is 4. The van der Waals surface area contributed by atoms with Gasteiger partial charge in [-0.05, 0) is 24.3 Å². The molecule has 6 nitrogen and oxygen atoms in total. The Morgan fingerprint density at radius 1 is 1.14 bits per heavy atom. The molecule has 2 heterocycles. The van der Waals surface area contributed by atoms with Gasteiger partial charge in [-0.25, -0.2) is 0 Å². The fourth-order valence-electron chi connectivity index (χ4n) is 1.91. The monoisotopic (exact) mass is 282 g/mol. The van der Waals surface area contributed by atoms with E-state index in [1.807, 2.05) is 37.2 Å². The van der Waals surface area contributed by atoms with E-state index < -0.39 is 0 Å². The summed E-state index contributed by atoms with van der Waals surface area (Å²) in [6.45, 7) is 0. The van der Waals surface area contributed by atoms with Crippen LogP contribution in [-0.2, 0) is 0 Å². The van der Waals surface area contributed by atoms with Gasteiger partial charge < -0.3 is 14.5 Å². The molecule has 0 radical (unpaired) electrons. The lowest BCUT2D eigenvalue weighted by molar-refractivity contribution is 0.425. The normalized spacial score (nSPS) is 10.6. The van der Waals surface area contributed by atoms with Crippen LogP contribution in [0.1, 0.15) is 0 Å². The van der Waals surface area contributed by atoms with Crippen LogP contribution in [0.15, 0.2) is 47.1 Å². The summed E-state index contributed by atoms with van der Waals surface area (Å²) in [5, 5.41) is 14.0. The molecule has 0 unspecified atom stereocenters. The van der Waals surface area contributed by atoms with E-state index >= 15 is 0 Å². The van der Waals surface area contributed by atoms with E-state index in [2.05, 4.69) is 15.1 Å². The van der Waals surface area contributed by atoms with Gasteiger partial charge >= 0.3 is 0 Å². The van der Waals surface area contributed by atoms with Gasteiger partial charge in [-0.1, -0.05) is 11.2 Å².